The summed E-state index contributed by atoms with van der Waals surface area (Å²) in [5.41, 5.74) is -1.07. The van der Waals surface area contributed by atoms with Crippen LogP contribution >= 0.6 is 0 Å². The van der Waals surface area contributed by atoms with E-state index >= 15 is 0 Å². The van der Waals surface area contributed by atoms with Gasteiger partial charge >= 0.3 is 12.4 Å². The van der Waals surface area contributed by atoms with Gasteiger partial charge in [-0.1, -0.05) is 49.5 Å². The second-order valence-electron chi connectivity index (χ2n) is 8.63. The maximum Gasteiger partial charge on any atom is 0.416 e. The van der Waals surface area contributed by atoms with Crippen molar-refractivity contribution in [1.29, 1.82) is 0 Å². The van der Waals surface area contributed by atoms with E-state index in [1.54, 1.807) is 0 Å². The Balaban J connectivity index is 1.91. The smallest absolute Gasteiger partial charge is 0.416 e. The number of rotatable bonds is 10. The monoisotopic (exact) mass is 550 g/mol. The molecule has 0 aliphatic heterocycles. The number of aromatic nitrogens is 2. The van der Waals surface area contributed by atoms with Crippen molar-refractivity contribution in [2.75, 3.05) is 13.2 Å². The van der Waals surface area contributed by atoms with Crippen LogP contribution in [0, 0.1) is 0 Å². The summed E-state index contributed by atoms with van der Waals surface area (Å²) in [6, 6.07) is 2.83. The van der Waals surface area contributed by atoms with E-state index in [1.165, 1.54) is 12.1 Å². The molecular formula is C29H28F6N2O2. The maximum absolute atomic E-state index is 13.2. The molecule has 208 valence electrons. The number of nitrogens with zero attached hydrogens (tertiary/aromatic N) is 2. The number of hydrogen-bond acceptors (Lipinski definition) is 4. The molecule has 1 aliphatic carbocycles. The highest BCUT2D eigenvalue weighted by Crippen LogP contribution is 2.37. The Bertz CT molecular complexity index is 1260. The van der Waals surface area contributed by atoms with Crippen molar-refractivity contribution in [3.63, 3.8) is 0 Å². The average Bonchev–Trinajstić information content (AvgIpc) is 2.89. The summed E-state index contributed by atoms with van der Waals surface area (Å²) in [5.74, 6) is 0.346. The Morgan fingerprint density at radius 3 is 2.23 bits per heavy atom. The van der Waals surface area contributed by atoms with Gasteiger partial charge in [0.15, 0.2) is 5.75 Å². The third-order valence-electron chi connectivity index (χ3n) is 5.49. The van der Waals surface area contributed by atoms with Gasteiger partial charge in [0.05, 0.1) is 16.8 Å². The minimum absolute atomic E-state index is 0.0817. The first-order chi connectivity index (χ1) is 18.5. The second kappa shape index (κ2) is 13.3. The molecule has 39 heavy (non-hydrogen) atoms. The standard InChI is InChI=1S/C29H28F6N2O2/c1-3-8-20(9-4-2)18-38-26-17-25(36-37-27(26)39-19-21-10-6-5-7-11-21)13-12-22-14-23(28(30,31)32)16-24(15-22)29(33,34)35/h3,6,8-17H,4-5,7,18-19H2,1-2H3. The molecule has 4 nitrogen and oxygen atoms in total. The zero-order valence-corrected chi connectivity index (χ0v) is 21.4. The summed E-state index contributed by atoms with van der Waals surface area (Å²) >= 11 is 0. The zero-order chi connectivity index (χ0) is 28.5. The van der Waals surface area contributed by atoms with E-state index in [1.807, 2.05) is 50.3 Å². The van der Waals surface area contributed by atoms with Gasteiger partial charge in [0, 0.05) is 6.07 Å². The normalized spacial score (nSPS) is 14.8. The fraction of sp³-hybridized carbons (Fsp3) is 0.310. The van der Waals surface area contributed by atoms with Crippen LogP contribution in [0.5, 0.6) is 11.6 Å². The van der Waals surface area contributed by atoms with Gasteiger partial charge in [-0.05, 0) is 67.2 Å². The van der Waals surface area contributed by atoms with Crippen LogP contribution in [-0.4, -0.2) is 23.4 Å². The molecule has 1 aliphatic rings. The Morgan fingerprint density at radius 1 is 0.923 bits per heavy atom. The molecule has 2 aromatic rings. The fourth-order valence-corrected chi connectivity index (χ4v) is 3.66. The summed E-state index contributed by atoms with van der Waals surface area (Å²) in [5, 5.41) is 8.07. The second-order valence-corrected chi connectivity index (χ2v) is 8.63. The van der Waals surface area contributed by atoms with E-state index in [2.05, 4.69) is 10.2 Å². The minimum atomic E-state index is -4.94. The van der Waals surface area contributed by atoms with Crippen LogP contribution < -0.4 is 9.47 Å². The fourth-order valence-electron chi connectivity index (χ4n) is 3.66. The van der Waals surface area contributed by atoms with Crippen molar-refractivity contribution < 1.29 is 35.8 Å². The zero-order valence-electron chi connectivity index (χ0n) is 21.4. The van der Waals surface area contributed by atoms with Gasteiger partial charge in [0.2, 0.25) is 0 Å². The molecule has 0 spiro atoms. The van der Waals surface area contributed by atoms with Crippen molar-refractivity contribution in [1.82, 2.24) is 10.2 Å². The predicted octanol–water partition coefficient (Wildman–Crippen LogP) is 8.63. The molecule has 3 rings (SSSR count). The lowest BCUT2D eigenvalue weighted by Crippen LogP contribution is -2.11. The van der Waals surface area contributed by atoms with Crippen molar-refractivity contribution in [3.05, 3.63) is 94.3 Å². The molecular weight excluding hydrogens is 522 g/mol. The quantitative estimate of drug-likeness (QED) is 0.219. The Labute approximate surface area is 223 Å². The molecule has 1 heterocycles. The topological polar surface area (TPSA) is 44.2 Å². The number of allylic oxidation sites excluding steroid dienone is 4. The van der Waals surface area contributed by atoms with Gasteiger partial charge in [-0.15, -0.1) is 10.2 Å². The van der Waals surface area contributed by atoms with Crippen LogP contribution in [0.1, 0.15) is 55.5 Å². The average molecular weight is 551 g/mol. The van der Waals surface area contributed by atoms with Crippen LogP contribution in [-0.2, 0) is 12.4 Å². The molecule has 0 saturated carbocycles. The number of hydrogen-bond donors (Lipinski definition) is 0. The van der Waals surface area contributed by atoms with Crippen LogP contribution in [0.15, 0.2) is 71.9 Å². The Morgan fingerprint density at radius 2 is 1.64 bits per heavy atom. The number of ether oxygens (including phenoxy) is 2. The highest BCUT2D eigenvalue weighted by molar-refractivity contribution is 5.69. The van der Waals surface area contributed by atoms with Gasteiger partial charge < -0.3 is 9.47 Å². The van der Waals surface area contributed by atoms with Gasteiger partial charge in [0.1, 0.15) is 13.2 Å². The van der Waals surface area contributed by atoms with Crippen LogP contribution in [0.4, 0.5) is 26.3 Å². The Hall–Kier alpha value is -3.82. The lowest BCUT2D eigenvalue weighted by atomic mass is 10.0. The first-order valence-corrected chi connectivity index (χ1v) is 12.3. The van der Waals surface area contributed by atoms with E-state index in [4.69, 9.17) is 9.47 Å². The number of benzene rings is 1. The third-order valence-corrected chi connectivity index (χ3v) is 5.49. The predicted molar refractivity (Wildman–Crippen MR) is 138 cm³/mol. The molecule has 0 saturated heterocycles. The van der Waals surface area contributed by atoms with Gasteiger partial charge in [0.25, 0.3) is 5.88 Å². The first kappa shape index (κ1) is 29.7. The third kappa shape index (κ3) is 9.15. The molecule has 0 unspecified atom stereocenters. The molecule has 0 radical (unpaired) electrons. The summed E-state index contributed by atoms with van der Waals surface area (Å²) in [4.78, 5) is 0. The van der Waals surface area contributed by atoms with Crippen LogP contribution in [0.3, 0.4) is 0 Å². The molecule has 0 N–H and O–H groups in total. The van der Waals surface area contributed by atoms with Crippen LogP contribution in [0.25, 0.3) is 12.2 Å². The summed E-state index contributed by atoms with van der Waals surface area (Å²) in [7, 11) is 0. The SMILES string of the molecule is CC=CC(=CCC)COc1cc(C=Cc2cc(C(F)(F)F)cc(C(F)(F)F)c2)nnc1OCC1=CCCC=C1. The molecule has 10 heteroatoms. The summed E-state index contributed by atoms with van der Waals surface area (Å²) in [6.07, 6.45) is 6.90. The lowest BCUT2D eigenvalue weighted by Gasteiger charge is -2.14. The lowest BCUT2D eigenvalue weighted by molar-refractivity contribution is -0.143. The molecule has 1 aromatic heterocycles. The highest BCUT2D eigenvalue weighted by Gasteiger charge is 2.36. The summed E-state index contributed by atoms with van der Waals surface area (Å²) < 4.78 is 91.0. The van der Waals surface area contributed by atoms with E-state index < -0.39 is 23.5 Å². The number of halogens is 6. The minimum Gasteiger partial charge on any atom is -0.483 e. The largest absolute Gasteiger partial charge is 0.483 e. The van der Waals surface area contributed by atoms with Crippen molar-refractivity contribution in [2.24, 2.45) is 0 Å². The van der Waals surface area contributed by atoms with E-state index in [9.17, 15) is 26.3 Å². The molecule has 0 bridgehead atoms. The molecule has 0 atom stereocenters. The van der Waals surface area contributed by atoms with E-state index in [0.717, 1.165) is 36.5 Å². The Kier molecular flexibility index (Phi) is 10.1. The van der Waals surface area contributed by atoms with E-state index in [-0.39, 0.29) is 42.2 Å². The number of alkyl halides is 6. The highest BCUT2D eigenvalue weighted by atomic mass is 19.4. The van der Waals surface area contributed by atoms with E-state index in [0.29, 0.717) is 12.1 Å². The van der Waals surface area contributed by atoms with Gasteiger partial charge in [-0.2, -0.15) is 26.3 Å². The van der Waals surface area contributed by atoms with Crippen molar-refractivity contribution >= 4 is 12.2 Å². The molecule has 1 aromatic carbocycles. The first-order valence-electron chi connectivity index (χ1n) is 12.3. The van der Waals surface area contributed by atoms with Crippen molar-refractivity contribution in [3.8, 4) is 11.6 Å². The summed E-state index contributed by atoms with van der Waals surface area (Å²) in [6.45, 7) is 4.28. The van der Waals surface area contributed by atoms with Gasteiger partial charge in [-0.25, -0.2) is 0 Å². The van der Waals surface area contributed by atoms with Crippen LogP contribution in [0.2, 0.25) is 0 Å². The molecule has 0 fully saturated rings. The maximum atomic E-state index is 13.2. The molecule has 0 amide bonds. The van der Waals surface area contributed by atoms with Crippen molar-refractivity contribution in [2.45, 2.75) is 45.5 Å². The van der Waals surface area contributed by atoms with Gasteiger partial charge in [-0.3, -0.25) is 0 Å².